The molecule has 8 N–H and O–H groups in total. The smallest absolute Gasteiger partial charge is 0.326 e. The summed E-state index contributed by atoms with van der Waals surface area (Å²) in [6, 6.07) is 1.83. The van der Waals surface area contributed by atoms with Crippen molar-refractivity contribution >= 4 is 35.5 Å². The molecule has 0 aliphatic carbocycles. The number of imidazole rings is 1. The zero-order chi connectivity index (χ0) is 28.2. The summed E-state index contributed by atoms with van der Waals surface area (Å²) in [5.74, 6) is -2.68. The quantitative estimate of drug-likeness (QED) is 0.162. The Kier molecular flexibility index (Phi) is 12.1. The number of nitrogens with one attached hydrogen (secondary N) is 4. The van der Waals surface area contributed by atoms with Crippen molar-refractivity contribution in [3.05, 3.63) is 48.0 Å². The number of aliphatic carboxylic acids is 1. The van der Waals surface area contributed by atoms with Crippen LogP contribution in [0, 0.1) is 5.92 Å². The highest BCUT2D eigenvalue weighted by Crippen LogP contribution is 2.13. The number of aromatic nitrogens is 2. The van der Waals surface area contributed by atoms with E-state index >= 15 is 0 Å². The van der Waals surface area contributed by atoms with Crippen molar-refractivity contribution in [2.45, 2.75) is 57.3 Å². The SMILES string of the molecule is CSCCC(NC(=O)C(Cc1ccc(O)cc1)NC(=O)C(Cc1cnc[nH]1)NC(=O)C(N)C(C)C)C(=O)O. The van der Waals surface area contributed by atoms with Crippen LogP contribution in [0.4, 0.5) is 0 Å². The minimum absolute atomic E-state index is 0.0168. The molecule has 1 aromatic carbocycles. The number of carboxylic acid groups (broad SMARTS) is 1. The summed E-state index contributed by atoms with van der Waals surface area (Å²) in [6.45, 7) is 3.56. The van der Waals surface area contributed by atoms with Gasteiger partial charge in [-0.25, -0.2) is 9.78 Å². The number of carbonyl (C=O) groups excluding carboxylic acids is 3. The van der Waals surface area contributed by atoms with Gasteiger partial charge in [-0.05, 0) is 42.0 Å². The minimum Gasteiger partial charge on any atom is -0.508 e. The third kappa shape index (κ3) is 9.71. The van der Waals surface area contributed by atoms with Crippen LogP contribution in [0.3, 0.4) is 0 Å². The van der Waals surface area contributed by atoms with Crippen LogP contribution in [0.25, 0.3) is 0 Å². The minimum atomic E-state index is -1.19. The van der Waals surface area contributed by atoms with Crippen LogP contribution >= 0.6 is 11.8 Å². The first kappa shape index (κ1) is 30.6. The molecule has 2 aromatic rings. The average Bonchev–Trinajstić information content (AvgIpc) is 3.39. The second-order valence-corrected chi connectivity index (χ2v) is 10.2. The van der Waals surface area contributed by atoms with E-state index in [1.165, 1.54) is 36.4 Å². The molecule has 1 aromatic heterocycles. The third-order valence-electron chi connectivity index (χ3n) is 5.87. The molecule has 4 unspecified atom stereocenters. The number of H-pyrrole nitrogens is 1. The summed E-state index contributed by atoms with van der Waals surface area (Å²) in [4.78, 5) is 57.8. The number of thioether (sulfide) groups is 1. The average molecular weight is 549 g/mol. The lowest BCUT2D eigenvalue weighted by Crippen LogP contribution is -2.58. The number of benzene rings is 1. The highest BCUT2D eigenvalue weighted by Gasteiger charge is 2.31. The van der Waals surface area contributed by atoms with Crippen molar-refractivity contribution in [3.63, 3.8) is 0 Å². The van der Waals surface area contributed by atoms with E-state index in [9.17, 15) is 29.4 Å². The Hall–Kier alpha value is -3.58. The van der Waals surface area contributed by atoms with Gasteiger partial charge in [-0.1, -0.05) is 26.0 Å². The van der Waals surface area contributed by atoms with E-state index in [4.69, 9.17) is 5.73 Å². The molecular formula is C25H36N6O6S. The number of carboxylic acids is 1. The summed E-state index contributed by atoms with van der Waals surface area (Å²) in [5, 5.41) is 27.0. The van der Waals surface area contributed by atoms with Crippen LogP contribution in [0.5, 0.6) is 5.75 Å². The monoisotopic (exact) mass is 548 g/mol. The van der Waals surface area contributed by atoms with Gasteiger partial charge in [0.05, 0.1) is 12.4 Å². The van der Waals surface area contributed by atoms with Gasteiger partial charge >= 0.3 is 5.97 Å². The van der Waals surface area contributed by atoms with E-state index in [0.29, 0.717) is 17.0 Å². The summed E-state index contributed by atoms with van der Waals surface area (Å²) >= 11 is 1.45. The van der Waals surface area contributed by atoms with Gasteiger partial charge in [0, 0.05) is 24.7 Å². The molecule has 0 bridgehead atoms. The van der Waals surface area contributed by atoms with Crippen molar-refractivity contribution in [2.24, 2.45) is 11.7 Å². The fraction of sp³-hybridized carbons (Fsp3) is 0.480. The van der Waals surface area contributed by atoms with Crippen molar-refractivity contribution in [3.8, 4) is 5.75 Å². The Labute approximate surface area is 225 Å². The molecular weight excluding hydrogens is 512 g/mol. The number of hydrogen-bond donors (Lipinski definition) is 7. The van der Waals surface area contributed by atoms with Gasteiger partial charge in [-0.3, -0.25) is 14.4 Å². The number of aromatic hydroxyl groups is 1. The molecule has 208 valence electrons. The largest absolute Gasteiger partial charge is 0.508 e. The fourth-order valence-corrected chi connectivity index (χ4v) is 3.98. The molecule has 0 spiro atoms. The lowest BCUT2D eigenvalue weighted by Gasteiger charge is -2.25. The second-order valence-electron chi connectivity index (χ2n) is 9.22. The predicted octanol–water partition coefficient (Wildman–Crippen LogP) is 0.176. The molecule has 3 amide bonds. The maximum Gasteiger partial charge on any atom is 0.326 e. The Morgan fingerprint density at radius 1 is 0.974 bits per heavy atom. The normalized spacial score (nSPS) is 14.2. The van der Waals surface area contributed by atoms with E-state index in [2.05, 4.69) is 25.9 Å². The lowest BCUT2D eigenvalue weighted by atomic mass is 10.0. The van der Waals surface area contributed by atoms with Gasteiger partial charge < -0.3 is 36.9 Å². The van der Waals surface area contributed by atoms with Crippen molar-refractivity contribution in [1.82, 2.24) is 25.9 Å². The summed E-state index contributed by atoms with van der Waals surface area (Å²) in [6.07, 6.45) is 5.05. The molecule has 13 heteroatoms. The fourth-order valence-electron chi connectivity index (χ4n) is 3.51. The first-order chi connectivity index (χ1) is 18.0. The Bertz CT molecular complexity index is 1060. The number of nitrogens with two attached hydrogens (primary N) is 1. The number of carbonyl (C=O) groups is 4. The number of amides is 3. The number of phenols is 1. The molecule has 0 aliphatic rings. The summed E-state index contributed by atoms with van der Waals surface area (Å²) in [7, 11) is 0. The van der Waals surface area contributed by atoms with Crippen LogP contribution in [0.1, 0.15) is 31.5 Å². The van der Waals surface area contributed by atoms with Gasteiger partial charge in [0.15, 0.2) is 0 Å². The topological polar surface area (TPSA) is 200 Å². The van der Waals surface area contributed by atoms with Gasteiger partial charge in [0.25, 0.3) is 0 Å². The maximum atomic E-state index is 13.4. The highest BCUT2D eigenvalue weighted by molar-refractivity contribution is 7.98. The van der Waals surface area contributed by atoms with Gasteiger partial charge in [-0.15, -0.1) is 0 Å². The number of hydrogen-bond acceptors (Lipinski definition) is 8. The molecule has 0 fully saturated rings. The standard InChI is InChI=1S/C25H36N6O6S/c1-14(2)21(26)24(35)31-20(11-16-12-27-13-28-16)23(34)30-19(10-15-4-6-17(32)7-5-15)22(33)29-18(25(36)37)8-9-38-3/h4-7,12-14,18-21,32H,8-11,26H2,1-3H3,(H,27,28)(H,29,33)(H,30,34)(H,31,35)(H,36,37). The zero-order valence-electron chi connectivity index (χ0n) is 21.6. The van der Waals surface area contributed by atoms with E-state index in [0.717, 1.165) is 0 Å². The Morgan fingerprint density at radius 2 is 1.55 bits per heavy atom. The predicted molar refractivity (Wildman–Crippen MR) is 143 cm³/mol. The van der Waals surface area contributed by atoms with Crippen LogP contribution < -0.4 is 21.7 Å². The number of aromatic amines is 1. The number of phenolic OH excluding ortho intramolecular Hbond substituents is 1. The first-order valence-corrected chi connectivity index (χ1v) is 13.5. The first-order valence-electron chi connectivity index (χ1n) is 12.1. The zero-order valence-corrected chi connectivity index (χ0v) is 22.5. The van der Waals surface area contributed by atoms with E-state index in [1.54, 1.807) is 26.0 Å². The van der Waals surface area contributed by atoms with E-state index < -0.39 is 47.9 Å². The molecule has 0 radical (unpaired) electrons. The molecule has 38 heavy (non-hydrogen) atoms. The van der Waals surface area contributed by atoms with Crippen LogP contribution in [-0.2, 0) is 32.0 Å². The van der Waals surface area contributed by atoms with Crippen LogP contribution in [0.15, 0.2) is 36.8 Å². The molecule has 1 heterocycles. The summed E-state index contributed by atoms with van der Waals surface area (Å²) in [5.41, 5.74) is 7.16. The second kappa shape index (κ2) is 15.0. The Morgan fingerprint density at radius 3 is 2.08 bits per heavy atom. The molecule has 0 aliphatic heterocycles. The van der Waals surface area contributed by atoms with Crippen LogP contribution in [-0.4, -0.2) is 80.0 Å². The van der Waals surface area contributed by atoms with Crippen LogP contribution in [0.2, 0.25) is 0 Å². The molecule has 4 atom stereocenters. The maximum absolute atomic E-state index is 13.4. The van der Waals surface area contributed by atoms with Crippen molar-refractivity contribution in [1.29, 1.82) is 0 Å². The number of nitrogens with zero attached hydrogens (tertiary/aromatic N) is 1. The van der Waals surface area contributed by atoms with Gasteiger partial charge in [0.1, 0.15) is 23.9 Å². The number of rotatable bonds is 15. The van der Waals surface area contributed by atoms with E-state index in [1.807, 2.05) is 6.26 Å². The molecule has 12 nitrogen and oxygen atoms in total. The highest BCUT2D eigenvalue weighted by atomic mass is 32.2. The Balaban J connectivity index is 2.28. The van der Waals surface area contributed by atoms with E-state index in [-0.39, 0.29) is 30.9 Å². The van der Waals surface area contributed by atoms with Crippen molar-refractivity contribution in [2.75, 3.05) is 12.0 Å². The third-order valence-corrected chi connectivity index (χ3v) is 6.51. The molecule has 0 saturated carbocycles. The van der Waals surface area contributed by atoms with Crippen molar-refractivity contribution < 1.29 is 29.4 Å². The van der Waals surface area contributed by atoms with Gasteiger partial charge in [-0.2, -0.15) is 11.8 Å². The summed E-state index contributed by atoms with van der Waals surface area (Å²) < 4.78 is 0. The van der Waals surface area contributed by atoms with Gasteiger partial charge in [0.2, 0.25) is 17.7 Å². The molecule has 2 rings (SSSR count). The lowest BCUT2D eigenvalue weighted by molar-refractivity contribution is -0.142. The molecule has 0 saturated heterocycles.